The summed E-state index contributed by atoms with van der Waals surface area (Å²) < 4.78 is 7.17. The largest absolute Gasteiger partial charge is 0.448 e. The molecule has 0 aliphatic carbocycles. The SMILES string of the molecule is NC(=O)C(=Cc1ccccc1)Oc1cccn2ncnc12. The van der Waals surface area contributed by atoms with Crippen molar-refractivity contribution in [3.8, 4) is 5.75 Å². The summed E-state index contributed by atoms with van der Waals surface area (Å²) >= 11 is 0. The second-order valence-electron chi connectivity index (χ2n) is 4.29. The molecule has 0 fully saturated rings. The molecule has 0 saturated carbocycles. The van der Waals surface area contributed by atoms with Gasteiger partial charge in [0.2, 0.25) is 0 Å². The molecule has 2 N–H and O–H groups in total. The van der Waals surface area contributed by atoms with Gasteiger partial charge in [-0.05, 0) is 23.8 Å². The molecule has 0 saturated heterocycles. The van der Waals surface area contributed by atoms with Crippen LogP contribution in [0.2, 0.25) is 0 Å². The van der Waals surface area contributed by atoms with Gasteiger partial charge in [0.15, 0.2) is 17.2 Å². The number of nitrogens with two attached hydrogens (primary N) is 1. The molecule has 1 aromatic carbocycles. The van der Waals surface area contributed by atoms with Crippen molar-refractivity contribution in [2.75, 3.05) is 0 Å². The number of hydrogen-bond acceptors (Lipinski definition) is 4. The lowest BCUT2D eigenvalue weighted by Crippen LogP contribution is -2.18. The average molecular weight is 280 g/mol. The fourth-order valence-corrected chi connectivity index (χ4v) is 1.87. The van der Waals surface area contributed by atoms with Crippen LogP contribution in [0.15, 0.2) is 60.7 Å². The monoisotopic (exact) mass is 280 g/mol. The van der Waals surface area contributed by atoms with E-state index in [2.05, 4.69) is 10.1 Å². The molecule has 0 atom stereocenters. The van der Waals surface area contributed by atoms with Gasteiger partial charge in [0.1, 0.15) is 6.33 Å². The van der Waals surface area contributed by atoms with Crippen molar-refractivity contribution in [2.45, 2.75) is 0 Å². The fourth-order valence-electron chi connectivity index (χ4n) is 1.87. The maximum Gasteiger partial charge on any atom is 0.284 e. The Morgan fingerprint density at radius 2 is 2.00 bits per heavy atom. The van der Waals surface area contributed by atoms with Gasteiger partial charge < -0.3 is 10.5 Å². The molecule has 2 heterocycles. The minimum Gasteiger partial charge on any atom is -0.448 e. The fraction of sp³-hybridized carbons (Fsp3) is 0. The Bertz CT molecular complexity index is 809. The molecule has 0 spiro atoms. The Labute approximate surface area is 120 Å². The molecule has 0 unspecified atom stereocenters. The van der Waals surface area contributed by atoms with Crippen molar-refractivity contribution in [3.05, 3.63) is 66.3 Å². The van der Waals surface area contributed by atoms with Crippen molar-refractivity contribution in [3.63, 3.8) is 0 Å². The molecular weight excluding hydrogens is 268 g/mol. The molecular formula is C15H12N4O2. The summed E-state index contributed by atoms with van der Waals surface area (Å²) in [6, 6.07) is 12.8. The molecule has 0 aliphatic rings. The van der Waals surface area contributed by atoms with Crippen molar-refractivity contribution in [1.82, 2.24) is 14.6 Å². The predicted octanol–water partition coefficient (Wildman–Crippen LogP) is 1.63. The first-order valence-corrected chi connectivity index (χ1v) is 6.27. The average Bonchev–Trinajstić information content (AvgIpc) is 2.97. The normalized spacial score (nSPS) is 11.5. The van der Waals surface area contributed by atoms with Crippen LogP contribution >= 0.6 is 0 Å². The molecule has 21 heavy (non-hydrogen) atoms. The van der Waals surface area contributed by atoms with Gasteiger partial charge in [-0.1, -0.05) is 30.3 Å². The van der Waals surface area contributed by atoms with Crippen LogP contribution < -0.4 is 10.5 Å². The van der Waals surface area contributed by atoms with E-state index >= 15 is 0 Å². The van der Waals surface area contributed by atoms with Crippen molar-refractivity contribution >= 4 is 17.6 Å². The Balaban J connectivity index is 1.98. The summed E-state index contributed by atoms with van der Waals surface area (Å²) in [6.45, 7) is 0. The number of amides is 1. The van der Waals surface area contributed by atoms with E-state index in [1.165, 1.54) is 6.33 Å². The number of rotatable bonds is 4. The van der Waals surface area contributed by atoms with Crippen LogP contribution in [0.5, 0.6) is 5.75 Å². The molecule has 104 valence electrons. The predicted molar refractivity (Wildman–Crippen MR) is 77.2 cm³/mol. The number of pyridine rings is 1. The minimum atomic E-state index is -0.652. The van der Waals surface area contributed by atoms with E-state index in [1.807, 2.05) is 30.3 Å². The van der Waals surface area contributed by atoms with Crippen LogP contribution in [0.1, 0.15) is 5.56 Å². The summed E-state index contributed by atoms with van der Waals surface area (Å²) in [6.07, 6.45) is 4.73. The summed E-state index contributed by atoms with van der Waals surface area (Å²) in [7, 11) is 0. The second kappa shape index (κ2) is 5.46. The van der Waals surface area contributed by atoms with E-state index in [0.717, 1.165) is 5.56 Å². The maximum atomic E-state index is 11.6. The number of benzene rings is 1. The third-order valence-corrected chi connectivity index (χ3v) is 2.83. The smallest absolute Gasteiger partial charge is 0.284 e. The van der Waals surface area contributed by atoms with Crippen LogP contribution in [-0.2, 0) is 4.79 Å². The van der Waals surface area contributed by atoms with Gasteiger partial charge >= 0.3 is 0 Å². The van der Waals surface area contributed by atoms with Gasteiger partial charge in [0.25, 0.3) is 5.91 Å². The molecule has 6 nitrogen and oxygen atoms in total. The number of carbonyl (C=O) groups excluding carboxylic acids is 1. The highest BCUT2D eigenvalue weighted by Gasteiger charge is 2.12. The van der Waals surface area contributed by atoms with E-state index in [9.17, 15) is 4.79 Å². The maximum absolute atomic E-state index is 11.6. The molecule has 1 amide bonds. The number of hydrogen-bond donors (Lipinski definition) is 1. The minimum absolute atomic E-state index is 0.0392. The number of carbonyl (C=O) groups is 1. The second-order valence-corrected chi connectivity index (χ2v) is 4.29. The quantitative estimate of drug-likeness (QED) is 0.581. The third kappa shape index (κ3) is 2.74. The van der Waals surface area contributed by atoms with Crippen molar-refractivity contribution in [1.29, 1.82) is 0 Å². The molecule has 3 aromatic rings. The van der Waals surface area contributed by atoms with Crippen LogP contribution in [0.3, 0.4) is 0 Å². The van der Waals surface area contributed by atoms with Crippen molar-refractivity contribution in [2.24, 2.45) is 5.73 Å². The lowest BCUT2D eigenvalue weighted by molar-refractivity contribution is -0.116. The zero-order valence-corrected chi connectivity index (χ0v) is 11.0. The molecule has 6 heteroatoms. The summed E-state index contributed by atoms with van der Waals surface area (Å²) in [5.41, 5.74) is 6.71. The first kappa shape index (κ1) is 12.9. The lowest BCUT2D eigenvalue weighted by Gasteiger charge is -2.07. The van der Waals surface area contributed by atoms with Crippen molar-refractivity contribution < 1.29 is 9.53 Å². The standard InChI is InChI=1S/C15H12N4O2/c16-14(20)13(9-11-5-2-1-3-6-11)21-12-7-4-8-19-15(12)17-10-18-19/h1-10H,(H2,16,20). The van der Waals surface area contributed by atoms with Gasteiger partial charge in [-0.15, -0.1) is 0 Å². The number of primary amides is 1. The van der Waals surface area contributed by atoms with E-state index in [4.69, 9.17) is 10.5 Å². The highest BCUT2D eigenvalue weighted by atomic mass is 16.5. The number of aromatic nitrogens is 3. The van der Waals surface area contributed by atoms with Gasteiger partial charge in [-0.25, -0.2) is 9.50 Å². The molecule has 0 radical (unpaired) electrons. The Morgan fingerprint density at radius 3 is 2.76 bits per heavy atom. The highest BCUT2D eigenvalue weighted by molar-refractivity contribution is 5.95. The first-order valence-electron chi connectivity index (χ1n) is 6.27. The van der Waals surface area contributed by atoms with Gasteiger partial charge in [-0.2, -0.15) is 5.10 Å². The zero-order chi connectivity index (χ0) is 14.7. The third-order valence-electron chi connectivity index (χ3n) is 2.83. The van der Waals surface area contributed by atoms with E-state index < -0.39 is 5.91 Å². The van der Waals surface area contributed by atoms with Crippen LogP contribution in [-0.4, -0.2) is 20.5 Å². The van der Waals surface area contributed by atoms with Gasteiger partial charge in [-0.3, -0.25) is 4.79 Å². The number of fused-ring (bicyclic) bond motifs is 1. The zero-order valence-electron chi connectivity index (χ0n) is 11.0. The van der Waals surface area contributed by atoms with Crippen LogP contribution in [0.25, 0.3) is 11.7 Å². The van der Waals surface area contributed by atoms with Gasteiger partial charge in [0.05, 0.1) is 0 Å². The topological polar surface area (TPSA) is 82.5 Å². The Morgan fingerprint density at radius 1 is 1.19 bits per heavy atom. The van der Waals surface area contributed by atoms with Gasteiger partial charge in [0, 0.05) is 6.20 Å². The summed E-state index contributed by atoms with van der Waals surface area (Å²) in [5, 5.41) is 4.01. The number of ether oxygens (including phenoxy) is 1. The lowest BCUT2D eigenvalue weighted by atomic mass is 10.2. The number of nitrogens with zero attached hydrogens (tertiary/aromatic N) is 3. The molecule has 3 rings (SSSR count). The van der Waals surface area contributed by atoms with E-state index in [-0.39, 0.29) is 5.76 Å². The molecule has 0 aliphatic heterocycles. The highest BCUT2D eigenvalue weighted by Crippen LogP contribution is 2.20. The van der Waals surface area contributed by atoms with Crippen LogP contribution in [0, 0.1) is 0 Å². The first-order chi connectivity index (χ1) is 10.2. The van der Waals surface area contributed by atoms with E-state index in [0.29, 0.717) is 11.4 Å². The summed E-state index contributed by atoms with van der Waals surface area (Å²) in [5.74, 6) is -0.200. The van der Waals surface area contributed by atoms with Crippen LogP contribution in [0.4, 0.5) is 0 Å². The van der Waals surface area contributed by atoms with E-state index in [1.54, 1.807) is 28.9 Å². The Hall–Kier alpha value is -3.15. The molecule has 0 bridgehead atoms. The Kier molecular flexibility index (Phi) is 3.34. The molecule has 2 aromatic heterocycles. The summed E-state index contributed by atoms with van der Waals surface area (Å²) in [4.78, 5) is 15.7.